The average molecular weight is 159 g/mol. The van der Waals surface area contributed by atoms with Gasteiger partial charge in [-0.25, -0.2) is 0 Å². The molecule has 0 heterocycles. The van der Waals surface area contributed by atoms with Crippen LogP contribution in [0.1, 0.15) is 19.8 Å². The molecule has 5 heteroatoms. The van der Waals surface area contributed by atoms with E-state index < -0.39 is 5.97 Å². The molecule has 0 aliphatic heterocycles. The summed E-state index contributed by atoms with van der Waals surface area (Å²) in [7, 11) is 0. The van der Waals surface area contributed by atoms with Crippen LogP contribution in [0.15, 0.2) is 0 Å². The minimum atomic E-state index is -0.884. The molecule has 0 aromatic rings. The van der Waals surface area contributed by atoms with Gasteiger partial charge in [0.1, 0.15) is 0 Å². The van der Waals surface area contributed by atoms with Crippen LogP contribution in [0.2, 0.25) is 0 Å². The van der Waals surface area contributed by atoms with Crippen molar-refractivity contribution in [3.8, 4) is 0 Å². The molecule has 11 heavy (non-hydrogen) atoms. The number of hydrogen-bond acceptors (Lipinski definition) is 2. The zero-order valence-corrected chi connectivity index (χ0v) is 6.42. The molecule has 0 amide bonds. The van der Waals surface area contributed by atoms with Gasteiger partial charge in [0.25, 0.3) is 0 Å². The summed E-state index contributed by atoms with van der Waals surface area (Å²) in [6.45, 7) is 1.84. The normalized spacial score (nSPS) is 12.1. The van der Waals surface area contributed by atoms with Crippen LogP contribution < -0.4 is 11.1 Å². The lowest BCUT2D eigenvalue weighted by molar-refractivity contribution is -0.137. The van der Waals surface area contributed by atoms with Crippen LogP contribution in [0.4, 0.5) is 0 Å². The van der Waals surface area contributed by atoms with Gasteiger partial charge in [-0.1, -0.05) is 6.92 Å². The van der Waals surface area contributed by atoms with Gasteiger partial charge >= 0.3 is 5.97 Å². The van der Waals surface area contributed by atoms with E-state index in [4.69, 9.17) is 16.2 Å². The van der Waals surface area contributed by atoms with Crippen LogP contribution in [0.25, 0.3) is 0 Å². The van der Waals surface area contributed by atoms with Crippen LogP contribution in [-0.2, 0) is 4.79 Å². The van der Waals surface area contributed by atoms with E-state index in [0.29, 0.717) is 6.42 Å². The van der Waals surface area contributed by atoms with Crippen LogP contribution >= 0.6 is 0 Å². The molecule has 0 bridgehead atoms. The Morgan fingerprint density at radius 3 is 2.64 bits per heavy atom. The molecule has 0 fully saturated rings. The summed E-state index contributed by atoms with van der Waals surface area (Å²) in [5.74, 6) is -1.07. The number of rotatable bonds is 4. The van der Waals surface area contributed by atoms with Crippen LogP contribution in [-0.4, -0.2) is 23.1 Å². The molecule has 0 unspecified atom stereocenters. The number of hydrogen-bond donors (Lipinski definition) is 4. The van der Waals surface area contributed by atoms with Gasteiger partial charge in [0.05, 0.1) is 6.42 Å². The molecule has 0 spiro atoms. The minimum absolute atomic E-state index is 0.00389. The molecule has 5 nitrogen and oxygen atoms in total. The number of nitrogens with one attached hydrogen (secondary N) is 2. The third-order valence-corrected chi connectivity index (χ3v) is 1.27. The maximum absolute atomic E-state index is 10.2. The summed E-state index contributed by atoms with van der Waals surface area (Å²) >= 11 is 0. The Morgan fingerprint density at radius 1 is 1.82 bits per heavy atom. The Hall–Kier alpha value is -1.26. The predicted molar refractivity (Wildman–Crippen MR) is 41.4 cm³/mol. The molecule has 0 radical (unpaired) electrons. The zero-order valence-electron chi connectivity index (χ0n) is 6.42. The third-order valence-electron chi connectivity index (χ3n) is 1.27. The fourth-order valence-corrected chi connectivity index (χ4v) is 0.728. The van der Waals surface area contributed by atoms with Crippen molar-refractivity contribution in [3.63, 3.8) is 0 Å². The van der Waals surface area contributed by atoms with Gasteiger partial charge in [-0.3, -0.25) is 10.2 Å². The SMILES string of the molecule is CC[C@@H](CC(=O)O)NC(=N)N. The Labute approximate surface area is 65.1 Å². The number of nitrogens with two attached hydrogens (primary N) is 1. The Morgan fingerprint density at radius 2 is 2.36 bits per heavy atom. The number of carboxylic acid groups (broad SMARTS) is 1. The summed E-state index contributed by atoms with van der Waals surface area (Å²) in [5, 5.41) is 17.8. The maximum atomic E-state index is 10.2. The molecule has 0 aromatic carbocycles. The highest BCUT2D eigenvalue weighted by Gasteiger charge is 2.10. The van der Waals surface area contributed by atoms with Crippen molar-refractivity contribution in [3.05, 3.63) is 0 Å². The van der Waals surface area contributed by atoms with E-state index in [0.717, 1.165) is 0 Å². The van der Waals surface area contributed by atoms with E-state index in [1.54, 1.807) is 0 Å². The highest BCUT2D eigenvalue weighted by atomic mass is 16.4. The molecule has 0 saturated heterocycles. The van der Waals surface area contributed by atoms with E-state index in [1.165, 1.54) is 0 Å². The molecular weight excluding hydrogens is 146 g/mol. The van der Waals surface area contributed by atoms with Gasteiger partial charge in [0.2, 0.25) is 0 Å². The minimum Gasteiger partial charge on any atom is -0.481 e. The lowest BCUT2D eigenvalue weighted by Crippen LogP contribution is -2.40. The van der Waals surface area contributed by atoms with Crippen molar-refractivity contribution < 1.29 is 9.90 Å². The van der Waals surface area contributed by atoms with E-state index in [2.05, 4.69) is 5.32 Å². The van der Waals surface area contributed by atoms with Gasteiger partial charge in [-0.15, -0.1) is 0 Å². The summed E-state index contributed by atoms with van der Waals surface area (Å²) < 4.78 is 0. The van der Waals surface area contributed by atoms with Crippen LogP contribution in [0.5, 0.6) is 0 Å². The molecule has 1 atom stereocenters. The van der Waals surface area contributed by atoms with E-state index in [9.17, 15) is 4.79 Å². The highest BCUT2D eigenvalue weighted by Crippen LogP contribution is 1.95. The molecule has 0 rings (SSSR count). The van der Waals surface area contributed by atoms with Gasteiger partial charge in [-0.05, 0) is 6.42 Å². The second kappa shape index (κ2) is 4.54. The first kappa shape index (κ1) is 9.74. The second-order valence-electron chi connectivity index (χ2n) is 2.26. The summed E-state index contributed by atoms with van der Waals surface area (Å²) in [6.07, 6.45) is 0.641. The lowest BCUT2D eigenvalue weighted by atomic mass is 10.1. The van der Waals surface area contributed by atoms with E-state index in [1.807, 2.05) is 6.92 Å². The number of carboxylic acids is 1. The molecule has 0 aromatic heterocycles. The summed E-state index contributed by atoms with van der Waals surface area (Å²) in [4.78, 5) is 10.2. The quantitative estimate of drug-likeness (QED) is 0.335. The monoisotopic (exact) mass is 159 g/mol. The standard InChI is InChI=1S/C6H13N3O2/c1-2-4(3-5(10)11)9-6(7)8/h4H,2-3H2,1H3,(H,10,11)(H4,7,8,9)/t4-/m0/s1. The predicted octanol–water partition coefficient (Wildman–Crippen LogP) is -0.277. The first-order chi connectivity index (χ1) is 5.06. The largest absolute Gasteiger partial charge is 0.481 e. The molecular formula is C6H13N3O2. The fourth-order valence-electron chi connectivity index (χ4n) is 0.728. The highest BCUT2D eigenvalue weighted by molar-refractivity contribution is 5.75. The molecule has 0 saturated carbocycles. The average Bonchev–Trinajstić information content (AvgIpc) is 1.84. The van der Waals surface area contributed by atoms with Gasteiger partial charge in [0, 0.05) is 6.04 Å². The number of aliphatic carboxylic acids is 1. The fraction of sp³-hybridized carbons (Fsp3) is 0.667. The molecule has 0 aliphatic carbocycles. The van der Waals surface area contributed by atoms with Crippen molar-refractivity contribution in [2.75, 3.05) is 0 Å². The lowest BCUT2D eigenvalue weighted by Gasteiger charge is -2.13. The maximum Gasteiger partial charge on any atom is 0.305 e. The van der Waals surface area contributed by atoms with Crippen LogP contribution in [0.3, 0.4) is 0 Å². The van der Waals surface area contributed by atoms with Crippen molar-refractivity contribution in [1.29, 1.82) is 5.41 Å². The first-order valence-corrected chi connectivity index (χ1v) is 3.38. The summed E-state index contributed by atoms with van der Waals surface area (Å²) in [6, 6.07) is -0.231. The molecule has 5 N–H and O–H groups in total. The second-order valence-corrected chi connectivity index (χ2v) is 2.26. The summed E-state index contributed by atoms with van der Waals surface area (Å²) in [5.41, 5.74) is 5.02. The first-order valence-electron chi connectivity index (χ1n) is 3.38. The Bertz CT molecular complexity index is 142. The molecule has 0 aliphatic rings. The Balaban J connectivity index is 3.76. The van der Waals surface area contributed by atoms with Crippen molar-refractivity contribution in [2.24, 2.45) is 5.73 Å². The van der Waals surface area contributed by atoms with Gasteiger partial charge in [-0.2, -0.15) is 0 Å². The van der Waals surface area contributed by atoms with E-state index >= 15 is 0 Å². The van der Waals surface area contributed by atoms with Crippen molar-refractivity contribution in [1.82, 2.24) is 5.32 Å². The van der Waals surface area contributed by atoms with Gasteiger partial charge < -0.3 is 16.2 Å². The topological polar surface area (TPSA) is 99.2 Å². The zero-order chi connectivity index (χ0) is 8.85. The van der Waals surface area contributed by atoms with Crippen molar-refractivity contribution >= 4 is 11.9 Å². The van der Waals surface area contributed by atoms with E-state index in [-0.39, 0.29) is 18.4 Å². The third kappa shape index (κ3) is 5.20. The van der Waals surface area contributed by atoms with Gasteiger partial charge in [0.15, 0.2) is 5.96 Å². The number of carbonyl (C=O) groups is 1. The Kier molecular flexibility index (Phi) is 4.02. The number of guanidine groups is 1. The van der Waals surface area contributed by atoms with Crippen molar-refractivity contribution in [2.45, 2.75) is 25.8 Å². The van der Waals surface area contributed by atoms with Crippen LogP contribution in [0, 0.1) is 5.41 Å². The molecule has 64 valence electrons. The smallest absolute Gasteiger partial charge is 0.305 e.